The Balaban J connectivity index is 2.76. The van der Waals surface area contributed by atoms with E-state index in [4.69, 9.17) is 0 Å². The quantitative estimate of drug-likeness (QED) is 0.748. The normalized spacial score (nSPS) is 12.3. The average molecular weight is 298 g/mol. The Bertz CT molecular complexity index is 495. The number of rotatable bonds is 8. The first-order valence-electron chi connectivity index (χ1n) is 7.07. The van der Waals surface area contributed by atoms with Crippen LogP contribution < -0.4 is 5.32 Å². The summed E-state index contributed by atoms with van der Waals surface area (Å²) in [5.74, 6) is 0.315. The van der Waals surface area contributed by atoms with Crippen LogP contribution in [0.4, 0.5) is 0 Å². The van der Waals surface area contributed by atoms with Crippen LogP contribution >= 0.6 is 0 Å². The monoisotopic (exact) mass is 298 g/mol. The van der Waals surface area contributed by atoms with Crippen LogP contribution in [0.2, 0.25) is 0 Å². The van der Waals surface area contributed by atoms with Gasteiger partial charge in [0.15, 0.2) is 0 Å². The largest absolute Gasteiger partial charge is 0.320 e. The van der Waals surface area contributed by atoms with E-state index in [2.05, 4.69) is 5.32 Å². The molecule has 114 valence electrons. The number of sulfonamides is 1. The molecule has 0 amide bonds. The summed E-state index contributed by atoms with van der Waals surface area (Å²) in [6.07, 6.45) is 2.01. The zero-order valence-corrected chi connectivity index (χ0v) is 13.7. The van der Waals surface area contributed by atoms with E-state index in [-0.39, 0.29) is 0 Å². The number of aryl methyl sites for hydroxylation is 1. The Morgan fingerprint density at radius 2 is 1.80 bits per heavy atom. The lowest BCUT2D eigenvalue weighted by Gasteiger charge is -2.19. The van der Waals surface area contributed by atoms with E-state index in [1.807, 2.05) is 33.0 Å². The summed E-state index contributed by atoms with van der Waals surface area (Å²) in [6.45, 7) is 5.52. The van der Waals surface area contributed by atoms with E-state index >= 15 is 0 Å². The van der Waals surface area contributed by atoms with Crippen molar-refractivity contribution in [3.05, 3.63) is 29.8 Å². The molecule has 20 heavy (non-hydrogen) atoms. The molecule has 0 spiro atoms. The molecule has 0 atom stereocenters. The highest BCUT2D eigenvalue weighted by Gasteiger charge is 2.20. The van der Waals surface area contributed by atoms with Crippen molar-refractivity contribution in [2.45, 2.75) is 31.6 Å². The van der Waals surface area contributed by atoms with E-state index in [1.165, 1.54) is 9.87 Å². The van der Waals surface area contributed by atoms with Gasteiger partial charge in [-0.25, -0.2) is 12.7 Å². The van der Waals surface area contributed by atoms with Crippen molar-refractivity contribution in [1.29, 1.82) is 0 Å². The Hall–Kier alpha value is -0.910. The second-order valence-electron chi connectivity index (χ2n) is 5.53. The maximum absolute atomic E-state index is 12.4. The lowest BCUT2D eigenvalue weighted by Crippen LogP contribution is -2.30. The molecule has 1 N–H and O–H groups in total. The Morgan fingerprint density at radius 1 is 1.20 bits per heavy atom. The van der Waals surface area contributed by atoms with Gasteiger partial charge in [0, 0.05) is 13.6 Å². The molecular weight excluding hydrogens is 272 g/mol. The van der Waals surface area contributed by atoms with Crippen LogP contribution in [0.15, 0.2) is 29.2 Å². The third-order valence-corrected chi connectivity index (χ3v) is 4.98. The third-order valence-electron chi connectivity index (χ3n) is 3.15. The highest BCUT2D eigenvalue weighted by atomic mass is 32.2. The van der Waals surface area contributed by atoms with Gasteiger partial charge in [-0.05, 0) is 50.0 Å². The minimum atomic E-state index is -3.35. The van der Waals surface area contributed by atoms with Crippen LogP contribution in [0.3, 0.4) is 0 Å². The van der Waals surface area contributed by atoms with Crippen molar-refractivity contribution in [3.63, 3.8) is 0 Å². The molecule has 1 rings (SSSR count). The van der Waals surface area contributed by atoms with Gasteiger partial charge in [-0.2, -0.15) is 0 Å². The number of benzene rings is 1. The van der Waals surface area contributed by atoms with Crippen LogP contribution in [0.5, 0.6) is 0 Å². The number of nitrogens with one attached hydrogen (secondary N) is 1. The fourth-order valence-electron chi connectivity index (χ4n) is 2.09. The molecule has 1 aromatic rings. The van der Waals surface area contributed by atoms with E-state index in [9.17, 15) is 8.42 Å². The van der Waals surface area contributed by atoms with Crippen molar-refractivity contribution in [1.82, 2.24) is 9.62 Å². The molecule has 0 aliphatic heterocycles. The van der Waals surface area contributed by atoms with Gasteiger partial charge in [-0.1, -0.05) is 26.0 Å². The van der Waals surface area contributed by atoms with Gasteiger partial charge in [-0.15, -0.1) is 0 Å². The van der Waals surface area contributed by atoms with Crippen molar-refractivity contribution >= 4 is 10.0 Å². The summed E-state index contributed by atoms with van der Waals surface area (Å²) in [5, 5.41) is 3.10. The molecule has 4 nitrogen and oxygen atoms in total. The molecule has 0 fully saturated rings. The molecule has 5 heteroatoms. The minimum absolute atomic E-state index is 0.315. The van der Waals surface area contributed by atoms with Gasteiger partial charge in [0.25, 0.3) is 0 Å². The average Bonchev–Trinajstić information content (AvgIpc) is 2.39. The Labute approximate surface area is 123 Å². The molecule has 0 aromatic heterocycles. The molecule has 1 aromatic carbocycles. The fraction of sp³-hybridized carbons (Fsp3) is 0.600. The number of hydrogen-bond donors (Lipinski definition) is 1. The molecule has 0 heterocycles. The van der Waals surface area contributed by atoms with E-state index in [0.717, 1.165) is 19.4 Å². The van der Waals surface area contributed by atoms with Crippen molar-refractivity contribution in [3.8, 4) is 0 Å². The van der Waals surface area contributed by atoms with Gasteiger partial charge in [-0.3, -0.25) is 0 Å². The molecule has 0 aliphatic rings. The zero-order chi connectivity index (χ0) is 15.2. The number of nitrogens with zero attached hydrogens (tertiary/aromatic N) is 1. The zero-order valence-electron chi connectivity index (χ0n) is 12.9. The predicted octanol–water partition coefficient (Wildman–Crippen LogP) is 2.12. The summed E-state index contributed by atoms with van der Waals surface area (Å²) in [6, 6.07) is 7.24. The maximum atomic E-state index is 12.4. The molecule has 0 radical (unpaired) electrons. The minimum Gasteiger partial charge on any atom is -0.320 e. The van der Waals surface area contributed by atoms with Crippen LogP contribution in [0, 0.1) is 5.92 Å². The molecule has 0 aliphatic carbocycles. The first-order valence-corrected chi connectivity index (χ1v) is 8.51. The SMILES string of the molecule is CNCCCc1ccc(S(=O)(=O)N(C)CC(C)C)cc1. The maximum Gasteiger partial charge on any atom is 0.242 e. The number of hydrogen-bond acceptors (Lipinski definition) is 3. The standard InChI is InChI=1S/C15H26N2O2S/c1-13(2)12-17(4)20(18,19)15-9-7-14(8-10-15)6-5-11-16-3/h7-10,13,16H,5-6,11-12H2,1-4H3. The second kappa shape index (κ2) is 7.76. The predicted molar refractivity (Wildman–Crippen MR) is 83.3 cm³/mol. The van der Waals surface area contributed by atoms with Gasteiger partial charge >= 0.3 is 0 Å². The van der Waals surface area contributed by atoms with Gasteiger partial charge in [0.05, 0.1) is 4.90 Å². The van der Waals surface area contributed by atoms with E-state index in [0.29, 0.717) is 17.4 Å². The van der Waals surface area contributed by atoms with E-state index in [1.54, 1.807) is 19.2 Å². The fourth-order valence-corrected chi connectivity index (χ4v) is 3.42. The van der Waals surface area contributed by atoms with Gasteiger partial charge in [0.2, 0.25) is 10.0 Å². The third kappa shape index (κ3) is 4.89. The first-order chi connectivity index (χ1) is 9.37. The molecule has 0 unspecified atom stereocenters. The summed E-state index contributed by atoms with van der Waals surface area (Å²) >= 11 is 0. The first kappa shape index (κ1) is 17.1. The van der Waals surface area contributed by atoms with Crippen molar-refractivity contribution in [2.24, 2.45) is 5.92 Å². The van der Waals surface area contributed by atoms with E-state index < -0.39 is 10.0 Å². The smallest absolute Gasteiger partial charge is 0.242 e. The highest BCUT2D eigenvalue weighted by molar-refractivity contribution is 7.89. The molecule has 0 saturated carbocycles. The second-order valence-corrected chi connectivity index (χ2v) is 7.58. The summed E-state index contributed by atoms with van der Waals surface area (Å²) < 4.78 is 26.1. The van der Waals surface area contributed by atoms with Crippen molar-refractivity contribution < 1.29 is 8.42 Å². The highest BCUT2D eigenvalue weighted by Crippen LogP contribution is 2.17. The van der Waals surface area contributed by atoms with Crippen LogP contribution in [-0.2, 0) is 16.4 Å². The van der Waals surface area contributed by atoms with Crippen LogP contribution in [0.25, 0.3) is 0 Å². The van der Waals surface area contributed by atoms with Crippen molar-refractivity contribution in [2.75, 3.05) is 27.2 Å². The Kier molecular flexibility index (Phi) is 6.65. The van der Waals surface area contributed by atoms with Crippen LogP contribution in [-0.4, -0.2) is 39.9 Å². The molecular formula is C15H26N2O2S. The molecule has 0 saturated heterocycles. The lowest BCUT2D eigenvalue weighted by atomic mass is 10.1. The van der Waals surface area contributed by atoms with Gasteiger partial charge < -0.3 is 5.32 Å². The lowest BCUT2D eigenvalue weighted by molar-refractivity contribution is 0.417. The Morgan fingerprint density at radius 3 is 2.30 bits per heavy atom. The summed E-state index contributed by atoms with van der Waals surface area (Å²) in [4.78, 5) is 0.373. The topological polar surface area (TPSA) is 49.4 Å². The molecule has 0 bridgehead atoms. The van der Waals surface area contributed by atoms with Gasteiger partial charge in [0.1, 0.15) is 0 Å². The summed E-state index contributed by atoms with van der Waals surface area (Å²) in [7, 11) is 0.211. The summed E-state index contributed by atoms with van der Waals surface area (Å²) in [5.41, 5.74) is 1.17. The van der Waals surface area contributed by atoms with Crippen LogP contribution in [0.1, 0.15) is 25.8 Å².